The van der Waals surface area contributed by atoms with Crippen LogP contribution in [0.4, 0.5) is 0 Å². The molecule has 0 radical (unpaired) electrons. The predicted octanol–water partition coefficient (Wildman–Crippen LogP) is 4.61. The molecule has 0 saturated carbocycles. The van der Waals surface area contributed by atoms with Gasteiger partial charge in [0, 0.05) is 10.4 Å². The molecule has 1 aromatic carbocycles. The van der Waals surface area contributed by atoms with E-state index in [-0.39, 0.29) is 0 Å². The first-order valence-electron chi connectivity index (χ1n) is 4.00. The smallest absolute Gasteiger partial charge is 0.144 e. The Bertz CT molecular complexity index is 511. The van der Waals surface area contributed by atoms with Crippen LogP contribution in [0, 0.1) is 6.92 Å². The van der Waals surface area contributed by atoms with Gasteiger partial charge >= 0.3 is 0 Å². The summed E-state index contributed by atoms with van der Waals surface area (Å²) in [6.07, 6.45) is 0. The van der Waals surface area contributed by atoms with E-state index in [1.54, 1.807) is 6.07 Å². The molecule has 2 rings (SSSR count). The van der Waals surface area contributed by atoms with Crippen molar-refractivity contribution in [3.63, 3.8) is 0 Å². The first-order valence-corrected chi connectivity index (χ1v) is 5.55. The van der Waals surface area contributed by atoms with Gasteiger partial charge in [0.1, 0.15) is 5.15 Å². The summed E-state index contributed by atoms with van der Waals surface area (Å²) in [4.78, 5) is 4.24. The van der Waals surface area contributed by atoms with E-state index in [0.29, 0.717) is 10.2 Å². The fraction of sp³-hybridized carbons (Fsp3) is 0.100. The average Bonchev–Trinajstić information content (AvgIpc) is 2.16. The first kappa shape index (κ1) is 10.2. The van der Waals surface area contributed by atoms with Gasteiger partial charge in [-0.2, -0.15) is 0 Å². The Morgan fingerprint density at radius 3 is 2.71 bits per heavy atom. The summed E-state index contributed by atoms with van der Waals surface area (Å²) >= 11 is 15.2. The molecule has 1 aromatic heterocycles. The Balaban J connectivity index is 2.92. The lowest BCUT2D eigenvalue weighted by Gasteiger charge is -2.05. The monoisotopic (exact) mass is 289 g/mol. The molecule has 0 N–H and O–H groups in total. The zero-order valence-corrected chi connectivity index (χ0v) is 10.4. The number of hydrogen-bond donors (Lipinski definition) is 0. The van der Waals surface area contributed by atoms with Gasteiger partial charge in [-0.1, -0.05) is 23.2 Å². The van der Waals surface area contributed by atoms with Crippen molar-refractivity contribution >= 4 is 50.0 Å². The maximum absolute atomic E-state index is 5.94. The summed E-state index contributed by atoms with van der Waals surface area (Å²) < 4.78 is 0.828. The number of fused-ring (bicyclic) bond motifs is 1. The standard InChI is InChI=1S/C10H6BrCl2N/c1-5-7-4-6(12)2-3-8(7)14-10(13)9(5)11/h2-4H,1H3. The van der Waals surface area contributed by atoms with Crippen molar-refractivity contribution in [1.29, 1.82) is 0 Å². The number of aromatic nitrogens is 1. The zero-order valence-electron chi connectivity index (χ0n) is 7.31. The topological polar surface area (TPSA) is 12.9 Å². The minimum atomic E-state index is 0.484. The van der Waals surface area contributed by atoms with E-state index in [2.05, 4.69) is 20.9 Å². The molecule has 4 heteroatoms. The molecule has 0 fully saturated rings. The molecule has 0 saturated heterocycles. The summed E-state index contributed by atoms with van der Waals surface area (Å²) in [5, 5.41) is 2.21. The highest BCUT2D eigenvalue weighted by Gasteiger charge is 2.07. The molecular formula is C10H6BrCl2N. The summed E-state index contributed by atoms with van der Waals surface area (Å²) in [6, 6.07) is 5.56. The first-order chi connectivity index (χ1) is 6.59. The van der Waals surface area contributed by atoms with Crippen LogP contribution in [-0.2, 0) is 0 Å². The minimum Gasteiger partial charge on any atom is -0.235 e. The summed E-state index contributed by atoms with van der Waals surface area (Å²) in [5.74, 6) is 0. The van der Waals surface area contributed by atoms with Crippen LogP contribution in [-0.4, -0.2) is 4.98 Å². The summed E-state index contributed by atoms with van der Waals surface area (Å²) in [7, 11) is 0. The number of pyridine rings is 1. The molecule has 0 amide bonds. The predicted molar refractivity (Wildman–Crippen MR) is 64.2 cm³/mol. The molecule has 0 aliphatic heterocycles. The lowest BCUT2D eigenvalue weighted by atomic mass is 10.1. The van der Waals surface area contributed by atoms with Crippen molar-refractivity contribution in [2.75, 3.05) is 0 Å². The minimum absolute atomic E-state index is 0.484. The molecule has 72 valence electrons. The van der Waals surface area contributed by atoms with Crippen molar-refractivity contribution in [3.05, 3.63) is 38.4 Å². The maximum atomic E-state index is 5.94. The van der Waals surface area contributed by atoms with E-state index >= 15 is 0 Å². The number of benzene rings is 1. The van der Waals surface area contributed by atoms with E-state index < -0.39 is 0 Å². The highest BCUT2D eigenvalue weighted by atomic mass is 79.9. The number of halogens is 3. The molecule has 14 heavy (non-hydrogen) atoms. The third-order valence-electron chi connectivity index (χ3n) is 2.09. The van der Waals surface area contributed by atoms with Gasteiger partial charge in [0.25, 0.3) is 0 Å². The quantitative estimate of drug-likeness (QED) is 0.646. The molecule has 0 aliphatic carbocycles. The van der Waals surface area contributed by atoms with Crippen molar-refractivity contribution < 1.29 is 0 Å². The number of hydrogen-bond acceptors (Lipinski definition) is 1. The van der Waals surface area contributed by atoms with Gasteiger partial charge in [0.05, 0.1) is 9.99 Å². The summed E-state index contributed by atoms with van der Waals surface area (Å²) in [5.41, 5.74) is 1.92. The molecule has 0 atom stereocenters. The van der Waals surface area contributed by atoms with Crippen LogP contribution >= 0.6 is 39.1 Å². The zero-order chi connectivity index (χ0) is 10.3. The Morgan fingerprint density at radius 2 is 2.00 bits per heavy atom. The SMILES string of the molecule is Cc1c(Br)c(Cl)nc2ccc(Cl)cc12. The average molecular weight is 291 g/mol. The van der Waals surface area contributed by atoms with Gasteiger partial charge < -0.3 is 0 Å². The fourth-order valence-electron chi connectivity index (χ4n) is 1.33. The number of rotatable bonds is 0. The van der Waals surface area contributed by atoms with Gasteiger partial charge in [-0.05, 0) is 46.6 Å². The molecule has 2 aromatic rings. The number of aryl methyl sites for hydroxylation is 1. The van der Waals surface area contributed by atoms with Crippen molar-refractivity contribution in [3.8, 4) is 0 Å². The van der Waals surface area contributed by atoms with Crippen LogP contribution in [0.3, 0.4) is 0 Å². The van der Waals surface area contributed by atoms with Crippen molar-refractivity contribution in [1.82, 2.24) is 4.98 Å². The Labute approximate surface area is 100 Å². The van der Waals surface area contributed by atoms with Gasteiger partial charge in [0.15, 0.2) is 0 Å². The van der Waals surface area contributed by atoms with Crippen LogP contribution in [0.15, 0.2) is 22.7 Å². The Hall–Kier alpha value is -0.310. The van der Waals surface area contributed by atoms with Crippen LogP contribution < -0.4 is 0 Å². The molecule has 0 unspecified atom stereocenters. The van der Waals surface area contributed by atoms with Crippen LogP contribution in [0.2, 0.25) is 10.2 Å². The van der Waals surface area contributed by atoms with E-state index in [0.717, 1.165) is 20.9 Å². The Morgan fingerprint density at radius 1 is 1.29 bits per heavy atom. The van der Waals surface area contributed by atoms with Crippen molar-refractivity contribution in [2.24, 2.45) is 0 Å². The normalized spacial score (nSPS) is 10.9. The van der Waals surface area contributed by atoms with Crippen LogP contribution in [0.25, 0.3) is 10.9 Å². The second kappa shape index (κ2) is 3.69. The van der Waals surface area contributed by atoms with E-state index in [1.165, 1.54) is 0 Å². The second-order valence-corrected chi connectivity index (χ2v) is 4.59. The van der Waals surface area contributed by atoms with Gasteiger partial charge in [-0.15, -0.1) is 0 Å². The molecule has 0 aliphatic rings. The molecule has 1 nitrogen and oxygen atoms in total. The largest absolute Gasteiger partial charge is 0.235 e. The van der Waals surface area contributed by atoms with E-state index in [1.807, 2.05) is 19.1 Å². The lowest BCUT2D eigenvalue weighted by Crippen LogP contribution is -1.87. The van der Waals surface area contributed by atoms with Crippen LogP contribution in [0.1, 0.15) is 5.56 Å². The van der Waals surface area contributed by atoms with E-state index in [4.69, 9.17) is 23.2 Å². The van der Waals surface area contributed by atoms with Crippen molar-refractivity contribution in [2.45, 2.75) is 6.92 Å². The third-order valence-corrected chi connectivity index (χ3v) is 3.80. The van der Waals surface area contributed by atoms with E-state index in [9.17, 15) is 0 Å². The molecule has 1 heterocycles. The lowest BCUT2D eigenvalue weighted by molar-refractivity contribution is 1.34. The highest BCUT2D eigenvalue weighted by Crippen LogP contribution is 2.31. The summed E-state index contributed by atoms with van der Waals surface area (Å²) in [6.45, 7) is 1.98. The highest BCUT2D eigenvalue weighted by molar-refractivity contribution is 9.10. The fourth-order valence-corrected chi connectivity index (χ4v) is 2.04. The van der Waals surface area contributed by atoms with Gasteiger partial charge in [0.2, 0.25) is 0 Å². The van der Waals surface area contributed by atoms with Gasteiger partial charge in [-0.3, -0.25) is 0 Å². The number of nitrogens with zero attached hydrogens (tertiary/aromatic N) is 1. The molecular weight excluding hydrogens is 285 g/mol. The molecule has 0 bridgehead atoms. The Kier molecular flexibility index (Phi) is 2.69. The molecule has 0 spiro atoms. The second-order valence-electron chi connectivity index (χ2n) is 3.00. The van der Waals surface area contributed by atoms with Gasteiger partial charge in [-0.25, -0.2) is 4.98 Å². The van der Waals surface area contributed by atoms with Crippen LogP contribution in [0.5, 0.6) is 0 Å². The maximum Gasteiger partial charge on any atom is 0.144 e. The third kappa shape index (κ3) is 1.62.